The molecule has 29 heavy (non-hydrogen) atoms. The predicted octanol–water partition coefficient (Wildman–Crippen LogP) is 3.15. The van der Waals surface area contributed by atoms with Crippen LogP contribution in [0.25, 0.3) is 0 Å². The first kappa shape index (κ1) is 20.4. The van der Waals surface area contributed by atoms with E-state index in [1.165, 1.54) is 42.8 Å². The fourth-order valence-electron chi connectivity index (χ4n) is 4.47. The van der Waals surface area contributed by atoms with Crippen LogP contribution in [0, 0.1) is 5.92 Å². The van der Waals surface area contributed by atoms with Gasteiger partial charge in [-0.1, -0.05) is 6.07 Å². The summed E-state index contributed by atoms with van der Waals surface area (Å²) in [7, 11) is 1.99. The van der Waals surface area contributed by atoms with E-state index in [0.29, 0.717) is 11.8 Å². The zero-order valence-electron chi connectivity index (χ0n) is 17.8. The Morgan fingerprint density at radius 3 is 2.83 bits per heavy atom. The molecule has 1 atom stereocenters. The number of aliphatic imine (C=N–C) groups is 1. The maximum Gasteiger partial charge on any atom is 0.193 e. The molecule has 1 N–H and O–H groups in total. The second-order valence-corrected chi connectivity index (χ2v) is 9.40. The van der Waals surface area contributed by atoms with Crippen LogP contribution in [0.1, 0.15) is 42.5 Å². The lowest BCUT2D eigenvalue weighted by atomic mass is 9.97. The van der Waals surface area contributed by atoms with Crippen molar-refractivity contribution >= 4 is 17.3 Å². The molecule has 0 aromatic carbocycles. The van der Waals surface area contributed by atoms with Gasteiger partial charge in [-0.3, -0.25) is 14.6 Å². The molecule has 2 aromatic rings. The number of nitrogens with zero attached hydrogens (tertiary/aromatic N) is 5. The van der Waals surface area contributed by atoms with E-state index < -0.39 is 0 Å². The van der Waals surface area contributed by atoms with Crippen LogP contribution in [0.15, 0.2) is 34.9 Å². The molecular formula is C22H34N6S. The molecule has 6 nitrogen and oxygen atoms in total. The summed E-state index contributed by atoms with van der Waals surface area (Å²) < 4.78 is 1.90. The standard InChI is InChI=1S/C22H34N6S/c1-3-23-22(28-11-8-19(16-28)20-14-25-26(2)15-20)24-13-18-6-9-27(10-7-18)17-21-5-4-12-29-21/h4-5,12,14-15,18-19H,3,6-11,13,16-17H2,1-2H3,(H,23,24). The van der Waals surface area contributed by atoms with Gasteiger partial charge in [-0.15, -0.1) is 11.3 Å². The third kappa shape index (κ3) is 5.39. The van der Waals surface area contributed by atoms with Crippen molar-refractivity contribution in [1.29, 1.82) is 0 Å². The van der Waals surface area contributed by atoms with Crippen LogP contribution in [0.4, 0.5) is 0 Å². The van der Waals surface area contributed by atoms with E-state index in [2.05, 4.69) is 50.8 Å². The zero-order valence-corrected chi connectivity index (χ0v) is 18.6. The minimum Gasteiger partial charge on any atom is -0.357 e. The Hall–Kier alpha value is -1.86. The first-order valence-corrected chi connectivity index (χ1v) is 11.9. The molecule has 2 aliphatic heterocycles. The molecule has 158 valence electrons. The summed E-state index contributed by atoms with van der Waals surface area (Å²) in [5.41, 5.74) is 1.35. The smallest absolute Gasteiger partial charge is 0.193 e. The van der Waals surface area contributed by atoms with Crippen LogP contribution in [0.5, 0.6) is 0 Å². The number of nitrogens with one attached hydrogen (secondary N) is 1. The van der Waals surface area contributed by atoms with E-state index in [1.807, 2.05) is 29.3 Å². The van der Waals surface area contributed by atoms with Gasteiger partial charge in [0.25, 0.3) is 0 Å². The van der Waals surface area contributed by atoms with Gasteiger partial charge in [0.1, 0.15) is 0 Å². The van der Waals surface area contributed by atoms with Crippen molar-refractivity contribution in [2.24, 2.45) is 18.0 Å². The number of piperidine rings is 1. The molecule has 0 amide bonds. The lowest BCUT2D eigenvalue weighted by Crippen LogP contribution is -2.40. The van der Waals surface area contributed by atoms with E-state index in [1.54, 1.807) is 0 Å². The van der Waals surface area contributed by atoms with Gasteiger partial charge in [-0.25, -0.2) is 0 Å². The SMILES string of the molecule is CCNC(=NCC1CCN(Cc2cccs2)CC1)N1CCC(c2cnn(C)c2)C1. The van der Waals surface area contributed by atoms with Gasteiger partial charge in [-0.2, -0.15) is 5.10 Å². The maximum absolute atomic E-state index is 5.05. The molecule has 2 fully saturated rings. The molecular weight excluding hydrogens is 380 g/mol. The largest absolute Gasteiger partial charge is 0.357 e. The van der Waals surface area contributed by atoms with Crippen LogP contribution in [-0.4, -0.2) is 64.8 Å². The maximum atomic E-state index is 5.05. The summed E-state index contributed by atoms with van der Waals surface area (Å²) >= 11 is 1.87. The number of aromatic nitrogens is 2. The Labute approximate surface area is 178 Å². The molecule has 2 aliphatic rings. The van der Waals surface area contributed by atoms with Crippen molar-refractivity contribution in [3.8, 4) is 0 Å². The van der Waals surface area contributed by atoms with Crippen molar-refractivity contribution in [1.82, 2.24) is 24.9 Å². The number of guanidine groups is 1. The van der Waals surface area contributed by atoms with Crippen LogP contribution >= 0.6 is 11.3 Å². The third-order valence-corrected chi connectivity index (χ3v) is 7.05. The van der Waals surface area contributed by atoms with E-state index >= 15 is 0 Å². The number of likely N-dealkylation sites (tertiary alicyclic amines) is 2. The van der Waals surface area contributed by atoms with Crippen molar-refractivity contribution in [2.75, 3.05) is 39.3 Å². The lowest BCUT2D eigenvalue weighted by Gasteiger charge is -2.31. The average Bonchev–Trinajstić information content (AvgIpc) is 3.48. The van der Waals surface area contributed by atoms with E-state index in [9.17, 15) is 0 Å². The fourth-order valence-corrected chi connectivity index (χ4v) is 5.21. The van der Waals surface area contributed by atoms with Crippen LogP contribution in [0.2, 0.25) is 0 Å². The number of thiophene rings is 1. The quantitative estimate of drug-likeness (QED) is 0.583. The van der Waals surface area contributed by atoms with E-state index in [0.717, 1.165) is 38.7 Å². The highest BCUT2D eigenvalue weighted by Gasteiger charge is 2.27. The summed E-state index contributed by atoms with van der Waals surface area (Å²) in [6.45, 7) is 9.65. The number of hydrogen-bond acceptors (Lipinski definition) is 4. The Balaban J connectivity index is 1.28. The number of rotatable bonds is 6. The van der Waals surface area contributed by atoms with Gasteiger partial charge < -0.3 is 10.2 Å². The summed E-state index contributed by atoms with van der Waals surface area (Å²) in [6.07, 6.45) is 7.86. The molecule has 2 saturated heterocycles. The predicted molar refractivity (Wildman–Crippen MR) is 120 cm³/mol. The van der Waals surface area contributed by atoms with Gasteiger partial charge in [0.2, 0.25) is 0 Å². The molecule has 0 saturated carbocycles. The summed E-state index contributed by atoms with van der Waals surface area (Å²) in [5.74, 6) is 2.37. The van der Waals surface area contributed by atoms with Crippen LogP contribution in [-0.2, 0) is 13.6 Å². The first-order chi connectivity index (χ1) is 14.2. The Morgan fingerprint density at radius 1 is 1.28 bits per heavy atom. The Morgan fingerprint density at radius 2 is 2.14 bits per heavy atom. The van der Waals surface area contributed by atoms with Gasteiger partial charge in [0.05, 0.1) is 6.20 Å². The van der Waals surface area contributed by atoms with Gasteiger partial charge >= 0.3 is 0 Å². The van der Waals surface area contributed by atoms with E-state index in [-0.39, 0.29) is 0 Å². The molecule has 4 heterocycles. The molecule has 0 bridgehead atoms. The minimum absolute atomic E-state index is 0.563. The van der Waals surface area contributed by atoms with Crippen LogP contribution in [0.3, 0.4) is 0 Å². The lowest BCUT2D eigenvalue weighted by molar-refractivity contribution is 0.182. The molecule has 1 unspecified atom stereocenters. The zero-order chi connectivity index (χ0) is 20.1. The van der Waals surface area contributed by atoms with Crippen molar-refractivity contribution in [3.63, 3.8) is 0 Å². The van der Waals surface area contributed by atoms with Crippen LogP contribution < -0.4 is 5.32 Å². The highest BCUT2D eigenvalue weighted by molar-refractivity contribution is 7.09. The van der Waals surface area contributed by atoms with E-state index in [4.69, 9.17) is 4.99 Å². The second kappa shape index (κ2) is 9.76. The molecule has 2 aromatic heterocycles. The highest BCUT2D eigenvalue weighted by atomic mass is 32.1. The fraction of sp³-hybridized carbons (Fsp3) is 0.636. The Kier molecular flexibility index (Phi) is 6.87. The molecule has 4 rings (SSSR count). The summed E-state index contributed by atoms with van der Waals surface area (Å²) in [6, 6.07) is 4.40. The molecule has 0 radical (unpaired) electrons. The molecule has 0 spiro atoms. The topological polar surface area (TPSA) is 48.7 Å². The minimum atomic E-state index is 0.563. The van der Waals surface area contributed by atoms with Gasteiger partial charge in [-0.05, 0) is 62.2 Å². The third-order valence-electron chi connectivity index (χ3n) is 6.18. The van der Waals surface area contributed by atoms with Crippen molar-refractivity contribution in [3.05, 3.63) is 40.3 Å². The average molecular weight is 415 g/mol. The highest BCUT2D eigenvalue weighted by Crippen LogP contribution is 2.27. The number of aryl methyl sites for hydroxylation is 1. The molecule has 0 aliphatic carbocycles. The second-order valence-electron chi connectivity index (χ2n) is 8.37. The van der Waals surface area contributed by atoms with Crippen molar-refractivity contribution in [2.45, 2.75) is 38.6 Å². The first-order valence-electron chi connectivity index (χ1n) is 11.0. The monoisotopic (exact) mass is 414 g/mol. The summed E-state index contributed by atoms with van der Waals surface area (Å²) in [4.78, 5) is 11.6. The number of hydrogen-bond donors (Lipinski definition) is 1. The van der Waals surface area contributed by atoms with Gasteiger partial charge in [0, 0.05) is 56.8 Å². The summed E-state index contributed by atoms with van der Waals surface area (Å²) in [5, 5.41) is 10.0. The normalized spacial score (nSPS) is 21.8. The van der Waals surface area contributed by atoms with Crippen molar-refractivity contribution < 1.29 is 0 Å². The van der Waals surface area contributed by atoms with Gasteiger partial charge in [0.15, 0.2) is 5.96 Å². The molecule has 7 heteroatoms. The Bertz CT molecular complexity index is 775.